The largest absolute Gasteiger partial charge is 0.497 e. The molecule has 0 amide bonds. The van der Waals surface area contributed by atoms with Crippen LogP contribution in [0.1, 0.15) is 17.1 Å². The molecule has 0 spiro atoms. The van der Waals surface area contributed by atoms with Crippen molar-refractivity contribution in [2.24, 2.45) is 0 Å². The van der Waals surface area contributed by atoms with Crippen LogP contribution in [-0.2, 0) is 6.54 Å². The van der Waals surface area contributed by atoms with E-state index in [9.17, 15) is 0 Å². The third kappa shape index (κ3) is 4.34. The number of ether oxygens (including phenoxy) is 4. The SMILES string of the molecule is COc1cc(CNc2nc(-c3ccc(OC)c(OC)c3)nn3c(C)nc(C)c23)cc(OC)c1. The van der Waals surface area contributed by atoms with Crippen molar-refractivity contribution in [3.05, 3.63) is 53.5 Å². The zero-order chi connectivity index (χ0) is 23.5. The molecule has 0 saturated heterocycles. The molecule has 2 heterocycles. The molecule has 9 nitrogen and oxygen atoms in total. The summed E-state index contributed by atoms with van der Waals surface area (Å²) in [6, 6.07) is 11.3. The van der Waals surface area contributed by atoms with Gasteiger partial charge in [0, 0.05) is 18.2 Å². The van der Waals surface area contributed by atoms with Crippen molar-refractivity contribution in [3.8, 4) is 34.4 Å². The second kappa shape index (κ2) is 9.23. The minimum atomic E-state index is 0.509. The molecule has 172 valence electrons. The Hall–Kier alpha value is -4.01. The minimum absolute atomic E-state index is 0.509. The van der Waals surface area contributed by atoms with Crippen LogP contribution in [0.25, 0.3) is 16.9 Å². The van der Waals surface area contributed by atoms with E-state index in [-0.39, 0.29) is 0 Å². The highest BCUT2D eigenvalue weighted by Crippen LogP contribution is 2.32. The van der Waals surface area contributed by atoms with Gasteiger partial charge in [-0.05, 0) is 49.7 Å². The number of hydrogen-bond acceptors (Lipinski definition) is 8. The number of fused-ring (bicyclic) bond motifs is 1. The number of nitrogens with one attached hydrogen (secondary N) is 1. The van der Waals surface area contributed by atoms with Crippen molar-refractivity contribution in [1.82, 2.24) is 19.6 Å². The first kappa shape index (κ1) is 22.2. The van der Waals surface area contributed by atoms with Crippen molar-refractivity contribution in [3.63, 3.8) is 0 Å². The quantitative estimate of drug-likeness (QED) is 0.431. The summed E-state index contributed by atoms with van der Waals surface area (Å²) >= 11 is 0. The lowest BCUT2D eigenvalue weighted by Crippen LogP contribution is -2.08. The number of hydrogen-bond donors (Lipinski definition) is 1. The molecule has 4 aromatic rings. The lowest BCUT2D eigenvalue weighted by Gasteiger charge is -2.13. The molecule has 0 fully saturated rings. The van der Waals surface area contributed by atoms with E-state index in [0.717, 1.165) is 39.7 Å². The van der Waals surface area contributed by atoms with E-state index >= 15 is 0 Å². The average Bonchev–Trinajstić information content (AvgIpc) is 3.14. The molecule has 0 aliphatic heterocycles. The Morgan fingerprint density at radius 1 is 0.818 bits per heavy atom. The van der Waals surface area contributed by atoms with Crippen molar-refractivity contribution >= 4 is 11.3 Å². The van der Waals surface area contributed by atoms with Crippen LogP contribution in [-0.4, -0.2) is 48.0 Å². The Labute approximate surface area is 192 Å². The van der Waals surface area contributed by atoms with Gasteiger partial charge in [0.05, 0.1) is 34.1 Å². The van der Waals surface area contributed by atoms with Crippen LogP contribution < -0.4 is 24.3 Å². The highest BCUT2D eigenvalue weighted by atomic mass is 16.5. The van der Waals surface area contributed by atoms with Crippen molar-refractivity contribution in [2.45, 2.75) is 20.4 Å². The molecule has 0 aliphatic rings. The predicted molar refractivity (Wildman–Crippen MR) is 126 cm³/mol. The number of benzene rings is 2. The highest BCUT2D eigenvalue weighted by molar-refractivity contribution is 5.73. The second-order valence-corrected chi connectivity index (χ2v) is 7.43. The molecule has 33 heavy (non-hydrogen) atoms. The van der Waals surface area contributed by atoms with Gasteiger partial charge in [0.15, 0.2) is 23.1 Å². The maximum Gasteiger partial charge on any atom is 0.182 e. The average molecular weight is 450 g/mol. The summed E-state index contributed by atoms with van der Waals surface area (Å²) in [5.41, 5.74) is 3.46. The Bertz CT molecular complexity index is 1280. The summed E-state index contributed by atoms with van der Waals surface area (Å²) in [4.78, 5) is 9.43. The first-order chi connectivity index (χ1) is 16.0. The van der Waals surface area contributed by atoms with Crippen molar-refractivity contribution in [1.29, 1.82) is 0 Å². The van der Waals surface area contributed by atoms with Gasteiger partial charge in [-0.25, -0.2) is 14.5 Å². The van der Waals surface area contributed by atoms with Crippen LogP contribution in [0.5, 0.6) is 23.0 Å². The molecule has 0 saturated carbocycles. The maximum absolute atomic E-state index is 5.45. The molecule has 2 aromatic heterocycles. The topological polar surface area (TPSA) is 92.0 Å². The minimum Gasteiger partial charge on any atom is -0.497 e. The fourth-order valence-corrected chi connectivity index (χ4v) is 3.70. The fourth-order valence-electron chi connectivity index (χ4n) is 3.70. The summed E-state index contributed by atoms with van der Waals surface area (Å²) in [6.45, 7) is 4.37. The van der Waals surface area contributed by atoms with Crippen LogP contribution in [0, 0.1) is 13.8 Å². The van der Waals surface area contributed by atoms with Gasteiger partial charge in [0.25, 0.3) is 0 Å². The van der Waals surface area contributed by atoms with Crippen molar-refractivity contribution < 1.29 is 18.9 Å². The van der Waals surface area contributed by atoms with Gasteiger partial charge in [-0.1, -0.05) is 0 Å². The van der Waals surface area contributed by atoms with E-state index in [2.05, 4.69) is 10.3 Å². The maximum atomic E-state index is 5.45. The molecule has 9 heteroatoms. The molecule has 4 rings (SSSR count). The molecule has 0 bridgehead atoms. The van der Waals surface area contributed by atoms with Crippen LogP contribution in [0.3, 0.4) is 0 Å². The highest BCUT2D eigenvalue weighted by Gasteiger charge is 2.17. The van der Waals surface area contributed by atoms with E-state index in [0.29, 0.717) is 29.7 Å². The first-order valence-corrected chi connectivity index (χ1v) is 10.4. The van der Waals surface area contributed by atoms with Gasteiger partial charge < -0.3 is 24.3 Å². The van der Waals surface area contributed by atoms with E-state index in [4.69, 9.17) is 29.0 Å². The fraction of sp³-hybridized carbons (Fsp3) is 0.292. The van der Waals surface area contributed by atoms with Crippen molar-refractivity contribution in [2.75, 3.05) is 33.8 Å². The van der Waals surface area contributed by atoms with Gasteiger partial charge in [-0.3, -0.25) is 0 Å². The summed E-state index contributed by atoms with van der Waals surface area (Å²) in [5, 5.41) is 8.18. The summed E-state index contributed by atoms with van der Waals surface area (Å²) < 4.78 is 23.4. The smallest absolute Gasteiger partial charge is 0.182 e. The number of aromatic nitrogens is 4. The van der Waals surface area contributed by atoms with E-state index in [1.165, 1.54) is 0 Å². The third-order valence-corrected chi connectivity index (χ3v) is 5.34. The lowest BCUT2D eigenvalue weighted by molar-refractivity contribution is 0.355. The molecule has 1 N–H and O–H groups in total. The van der Waals surface area contributed by atoms with Gasteiger partial charge in [-0.2, -0.15) is 0 Å². The second-order valence-electron chi connectivity index (χ2n) is 7.43. The summed E-state index contributed by atoms with van der Waals surface area (Å²) in [5.74, 6) is 4.68. The molecule has 0 unspecified atom stereocenters. The van der Waals surface area contributed by atoms with Gasteiger partial charge in [0.1, 0.15) is 22.8 Å². The van der Waals surface area contributed by atoms with E-state index in [1.807, 2.05) is 54.8 Å². The first-order valence-electron chi connectivity index (χ1n) is 10.4. The van der Waals surface area contributed by atoms with Gasteiger partial charge in [-0.15, -0.1) is 5.10 Å². The Morgan fingerprint density at radius 3 is 2.15 bits per heavy atom. The zero-order valence-corrected chi connectivity index (χ0v) is 19.6. The molecule has 0 aliphatic carbocycles. The number of nitrogens with zero attached hydrogens (tertiary/aromatic N) is 4. The van der Waals surface area contributed by atoms with Crippen LogP contribution >= 0.6 is 0 Å². The van der Waals surface area contributed by atoms with Crippen LogP contribution in [0.2, 0.25) is 0 Å². The number of anilines is 1. The number of imidazole rings is 1. The van der Waals surface area contributed by atoms with E-state index < -0.39 is 0 Å². The van der Waals surface area contributed by atoms with Crippen LogP contribution in [0.15, 0.2) is 36.4 Å². The molecular weight excluding hydrogens is 422 g/mol. The number of aryl methyl sites for hydroxylation is 2. The Balaban J connectivity index is 1.77. The lowest BCUT2D eigenvalue weighted by atomic mass is 10.2. The summed E-state index contributed by atoms with van der Waals surface area (Å²) in [6.07, 6.45) is 0. The zero-order valence-electron chi connectivity index (χ0n) is 19.6. The number of methoxy groups -OCH3 is 4. The summed E-state index contributed by atoms with van der Waals surface area (Å²) in [7, 11) is 6.47. The normalized spacial score (nSPS) is 10.8. The predicted octanol–water partition coefficient (Wildman–Crippen LogP) is 4.05. The van der Waals surface area contributed by atoms with Crippen LogP contribution in [0.4, 0.5) is 5.82 Å². The number of rotatable bonds is 8. The monoisotopic (exact) mass is 449 g/mol. The molecule has 0 atom stereocenters. The molecular formula is C24H27N5O4. The van der Waals surface area contributed by atoms with E-state index in [1.54, 1.807) is 28.4 Å². The third-order valence-electron chi connectivity index (χ3n) is 5.34. The Kier molecular flexibility index (Phi) is 6.21. The molecule has 0 radical (unpaired) electrons. The van der Waals surface area contributed by atoms with Gasteiger partial charge >= 0.3 is 0 Å². The standard InChI is InChI=1S/C24H27N5O4/c1-14-22-24(25-13-16-9-18(30-3)12-19(10-16)31-4)27-23(28-29(22)15(2)26-14)17-7-8-20(32-5)21(11-17)33-6/h7-12H,13H2,1-6H3,(H,25,27,28). The van der Waals surface area contributed by atoms with Gasteiger partial charge in [0.2, 0.25) is 0 Å². The molecule has 2 aromatic carbocycles. The Morgan fingerprint density at radius 2 is 1.52 bits per heavy atom.